The summed E-state index contributed by atoms with van der Waals surface area (Å²) in [6, 6.07) is 4.49. The normalized spacial score (nSPS) is 22.2. The second-order valence-electron chi connectivity index (χ2n) is 11.6. The van der Waals surface area contributed by atoms with Crippen LogP contribution in [0, 0.1) is 29.6 Å². The number of rotatable bonds is 12. The molecule has 0 aromatic heterocycles. The summed E-state index contributed by atoms with van der Waals surface area (Å²) < 4.78 is 16.9. The van der Waals surface area contributed by atoms with Gasteiger partial charge in [0.2, 0.25) is 0 Å². The SMILES string of the molecule is COc1cc2c(cc1OC)[C@H]1C[C@@H](COC(=O)NC[C@@H](CC(=O)O)CC(C)C)[C@H](CC(C)C)CN1CC2. The maximum atomic E-state index is 12.6. The van der Waals surface area contributed by atoms with Crippen LogP contribution in [0.5, 0.6) is 11.5 Å². The van der Waals surface area contributed by atoms with Crippen molar-refractivity contribution >= 4 is 12.1 Å². The van der Waals surface area contributed by atoms with Crippen molar-refractivity contribution in [2.45, 2.75) is 65.8 Å². The van der Waals surface area contributed by atoms with E-state index in [1.807, 2.05) is 0 Å². The van der Waals surface area contributed by atoms with Gasteiger partial charge in [-0.25, -0.2) is 4.79 Å². The Bertz CT molecular complexity index is 918. The zero-order valence-electron chi connectivity index (χ0n) is 23.4. The van der Waals surface area contributed by atoms with Gasteiger partial charge in [0, 0.05) is 32.1 Å². The Labute approximate surface area is 222 Å². The number of aliphatic carboxylic acids is 1. The topological polar surface area (TPSA) is 97.3 Å². The third-order valence-corrected chi connectivity index (χ3v) is 7.78. The summed E-state index contributed by atoms with van der Waals surface area (Å²) in [6.07, 6.45) is 3.33. The average Bonchev–Trinajstić information content (AvgIpc) is 2.83. The van der Waals surface area contributed by atoms with Crippen molar-refractivity contribution in [3.63, 3.8) is 0 Å². The molecule has 8 heteroatoms. The number of hydrogen-bond acceptors (Lipinski definition) is 6. The molecule has 1 fully saturated rings. The van der Waals surface area contributed by atoms with Gasteiger partial charge in [-0.3, -0.25) is 9.69 Å². The number of carboxylic acid groups (broad SMARTS) is 1. The van der Waals surface area contributed by atoms with Gasteiger partial charge in [-0.05, 0) is 78.5 Å². The quantitative estimate of drug-likeness (QED) is 0.395. The first-order chi connectivity index (χ1) is 17.6. The van der Waals surface area contributed by atoms with Crippen LogP contribution in [-0.2, 0) is 16.0 Å². The smallest absolute Gasteiger partial charge is 0.407 e. The molecule has 0 spiro atoms. The molecule has 1 saturated heterocycles. The number of benzene rings is 1. The van der Waals surface area contributed by atoms with Crippen molar-refractivity contribution in [2.75, 3.05) is 40.5 Å². The van der Waals surface area contributed by atoms with Crippen LogP contribution in [0.15, 0.2) is 12.1 Å². The van der Waals surface area contributed by atoms with Gasteiger partial charge in [0.15, 0.2) is 11.5 Å². The summed E-state index contributed by atoms with van der Waals surface area (Å²) in [4.78, 5) is 26.4. The van der Waals surface area contributed by atoms with Gasteiger partial charge in [0.1, 0.15) is 0 Å². The second kappa shape index (κ2) is 13.4. The van der Waals surface area contributed by atoms with Crippen LogP contribution < -0.4 is 14.8 Å². The highest BCUT2D eigenvalue weighted by Gasteiger charge is 2.40. The molecular formula is C29H46N2O6. The summed E-state index contributed by atoms with van der Waals surface area (Å²) in [7, 11) is 3.34. The zero-order valence-corrected chi connectivity index (χ0v) is 23.4. The summed E-state index contributed by atoms with van der Waals surface area (Å²) in [5.41, 5.74) is 2.58. The number of hydrogen-bond donors (Lipinski definition) is 2. The van der Waals surface area contributed by atoms with Crippen LogP contribution in [0.3, 0.4) is 0 Å². The van der Waals surface area contributed by atoms with Crippen LogP contribution >= 0.6 is 0 Å². The van der Waals surface area contributed by atoms with E-state index in [9.17, 15) is 14.7 Å². The van der Waals surface area contributed by atoms with E-state index in [1.54, 1.807) is 14.2 Å². The van der Waals surface area contributed by atoms with E-state index in [4.69, 9.17) is 14.2 Å². The van der Waals surface area contributed by atoms with Crippen LogP contribution in [-0.4, -0.2) is 62.5 Å². The van der Waals surface area contributed by atoms with Gasteiger partial charge in [0.05, 0.1) is 20.8 Å². The molecule has 2 N–H and O–H groups in total. The number of methoxy groups -OCH3 is 2. The first-order valence-electron chi connectivity index (χ1n) is 13.7. The van der Waals surface area contributed by atoms with E-state index in [0.717, 1.165) is 50.3 Å². The molecule has 1 aromatic rings. The van der Waals surface area contributed by atoms with E-state index in [2.05, 4.69) is 50.0 Å². The first-order valence-corrected chi connectivity index (χ1v) is 13.7. The number of alkyl carbamates (subject to hydrolysis) is 1. The Morgan fingerprint density at radius 1 is 1.08 bits per heavy atom. The van der Waals surface area contributed by atoms with Crippen LogP contribution in [0.1, 0.15) is 70.5 Å². The third kappa shape index (κ3) is 8.00. The van der Waals surface area contributed by atoms with E-state index < -0.39 is 12.1 Å². The van der Waals surface area contributed by atoms with E-state index in [1.165, 1.54) is 11.1 Å². The number of nitrogens with one attached hydrogen (secondary N) is 1. The lowest BCUT2D eigenvalue weighted by Crippen LogP contribution is -2.47. The van der Waals surface area contributed by atoms with Crippen LogP contribution in [0.4, 0.5) is 4.79 Å². The van der Waals surface area contributed by atoms with E-state index in [0.29, 0.717) is 30.9 Å². The zero-order chi connectivity index (χ0) is 27.1. The lowest BCUT2D eigenvalue weighted by Gasteiger charge is -2.47. The van der Waals surface area contributed by atoms with Crippen molar-refractivity contribution in [1.82, 2.24) is 10.2 Å². The van der Waals surface area contributed by atoms with Crippen molar-refractivity contribution < 1.29 is 28.9 Å². The Morgan fingerprint density at radius 2 is 1.78 bits per heavy atom. The fourth-order valence-corrected chi connectivity index (χ4v) is 6.19. The minimum absolute atomic E-state index is 0.0444. The number of ether oxygens (including phenoxy) is 3. The minimum atomic E-state index is -0.842. The Hall–Kier alpha value is -2.48. The highest BCUT2D eigenvalue weighted by Crippen LogP contribution is 2.45. The highest BCUT2D eigenvalue weighted by atomic mass is 16.5. The van der Waals surface area contributed by atoms with E-state index >= 15 is 0 Å². The number of nitrogens with zero attached hydrogens (tertiary/aromatic N) is 1. The fourth-order valence-electron chi connectivity index (χ4n) is 6.19. The number of piperidine rings is 1. The summed E-state index contributed by atoms with van der Waals surface area (Å²) in [5, 5.41) is 12.0. The number of carboxylic acids is 1. The summed E-state index contributed by atoms with van der Waals surface area (Å²) >= 11 is 0. The molecule has 1 amide bonds. The van der Waals surface area contributed by atoms with Gasteiger partial charge in [0.25, 0.3) is 0 Å². The molecule has 0 bridgehead atoms. The van der Waals surface area contributed by atoms with Gasteiger partial charge in [-0.1, -0.05) is 27.7 Å². The molecular weight excluding hydrogens is 472 g/mol. The standard InChI is InChI=1S/C29H46N2O6/c1-18(2)9-20(11-28(32)33)15-30-29(34)37-17-23-12-25-24-14-27(36-6)26(35-5)13-21(24)7-8-31(25)16-22(23)10-19(3)4/h13-14,18-20,22-23,25H,7-12,15-17H2,1-6H3,(H,30,34)(H,32,33)/t20-,22-,23+,25-/m1/s1. The number of carbonyl (C=O) groups excluding carboxylic acids is 1. The predicted octanol–water partition coefficient (Wildman–Crippen LogP) is 5.15. The molecule has 2 aliphatic rings. The highest BCUT2D eigenvalue weighted by molar-refractivity contribution is 5.68. The third-order valence-electron chi connectivity index (χ3n) is 7.78. The van der Waals surface area contributed by atoms with Crippen molar-refractivity contribution in [1.29, 1.82) is 0 Å². The van der Waals surface area contributed by atoms with Crippen molar-refractivity contribution in [2.24, 2.45) is 29.6 Å². The maximum Gasteiger partial charge on any atom is 0.407 e. The molecule has 208 valence electrons. The lowest BCUT2D eigenvalue weighted by molar-refractivity contribution is -0.138. The molecule has 37 heavy (non-hydrogen) atoms. The average molecular weight is 519 g/mol. The fraction of sp³-hybridized carbons (Fsp3) is 0.724. The molecule has 8 nitrogen and oxygen atoms in total. The van der Waals surface area contributed by atoms with Crippen molar-refractivity contribution in [3.8, 4) is 11.5 Å². The summed E-state index contributed by atoms with van der Waals surface area (Å²) in [5.74, 6) is 2.19. The Balaban J connectivity index is 1.68. The molecule has 1 aromatic carbocycles. The van der Waals surface area contributed by atoms with Gasteiger partial charge >= 0.3 is 12.1 Å². The van der Waals surface area contributed by atoms with Crippen LogP contribution in [0.2, 0.25) is 0 Å². The summed E-state index contributed by atoms with van der Waals surface area (Å²) in [6.45, 7) is 11.3. The molecule has 2 heterocycles. The molecule has 0 saturated carbocycles. The predicted molar refractivity (Wildman–Crippen MR) is 143 cm³/mol. The van der Waals surface area contributed by atoms with Crippen molar-refractivity contribution in [3.05, 3.63) is 23.3 Å². The molecule has 0 aliphatic carbocycles. The molecule has 3 rings (SSSR count). The molecule has 4 atom stereocenters. The Kier molecular flexibility index (Phi) is 10.5. The maximum absolute atomic E-state index is 12.6. The number of carbonyl (C=O) groups is 2. The lowest BCUT2D eigenvalue weighted by atomic mass is 9.74. The molecule has 2 aliphatic heterocycles. The minimum Gasteiger partial charge on any atom is -0.493 e. The largest absolute Gasteiger partial charge is 0.493 e. The van der Waals surface area contributed by atoms with Crippen LogP contribution in [0.25, 0.3) is 0 Å². The first kappa shape index (κ1) is 29.1. The monoisotopic (exact) mass is 518 g/mol. The van der Waals surface area contributed by atoms with Gasteiger partial charge in [-0.2, -0.15) is 0 Å². The number of fused-ring (bicyclic) bond motifs is 3. The second-order valence-corrected chi connectivity index (χ2v) is 11.6. The van der Waals surface area contributed by atoms with E-state index in [-0.39, 0.29) is 24.3 Å². The van der Waals surface area contributed by atoms with Gasteiger partial charge in [-0.15, -0.1) is 0 Å². The molecule has 0 radical (unpaired) electrons. The number of amides is 1. The molecule has 0 unspecified atom stereocenters. The Morgan fingerprint density at radius 3 is 2.41 bits per heavy atom. The van der Waals surface area contributed by atoms with Gasteiger partial charge < -0.3 is 24.6 Å².